The van der Waals surface area contributed by atoms with Gasteiger partial charge in [0.05, 0.1) is 6.21 Å². The monoisotopic (exact) mass is 184 g/mol. The van der Waals surface area contributed by atoms with E-state index in [1.807, 2.05) is 24.4 Å². The summed E-state index contributed by atoms with van der Waals surface area (Å²) >= 11 is 0. The van der Waals surface area contributed by atoms with Crippen LogP contribution < -0.4 is 5.43 Å². The van der Waals surface area contributed by atoms with Crippen molar-refractivity contribution in [1.29, 1.82) is 0 Å². The van der Waals surface area contributed by atoms with Gasteiger partial charge in [0.2, 0.25) is 0 Å². The molecule has 0 amide bonds. The van der Waals surface area contributed by atoms with Crippen molar-refractivity contribution in [2.75, 3.05) is 7.05 Å². The van der Waals surface area contributed by atoms with Crippen LogP contribution in [-0.4, -0.2) is 13.3 Å². The van der Waals surface area contributed by atoms with Crippen molar-refractivity contribution in [2.24, 2.45) is 5.10 Å². The van der Waals surface area contributed by atoms with Gasteiger partial charge in [-0.05, 0) is 10.8 Å². The minimum Gasteiger partial charge on any atom is -0.313 e. The van der Waals surface area contributed by atoms with E-state index in [1.165, 1.54) is 10.8 Å². The molecular formula is C12H12N2. The fourth-order valence-corrected chi connectivity index (χ4v) is 1.50. The summed E-state index contributed by atoms with van der Waals surface area (Å²) in [5.74, 6) is 0. The Morgan fingerprint density at radius 3 is 2.71 bits per heavy atom. The molecule has 0 aliphatic rings. The Balaban J connectivity index is 2.59. The van der Waals surface area contributed by atoms with Crippen molar-refractivity contribution in [3.63, 3.8) is 0 Å². The molecule has 0 aromatic heterocycles. The Morgan fingerprint density at radius 2 is 1.86 bits per heavy atom. The highest BCUT2D eigenvalue weighted by molar-refractivity contribution is 5.99. The molecule has 0 radical (unpaired) electrons. The van der Waals surface area contributed by atoms with E-state index < -0.39 is 0 Å². The van der Waals surface area contributed by atoms with E-state index in [4.69, 9.17) is 0 Å². The first kappa shape index (κ1) is 8.75. The summed E-state index contributed by atoms with van der Waals surface area (Å²) in [6, 6.07) is 14.5. The van der Waals surface area contributed by atoms with Crippen LogP contribution in [0.3, 0.4) is 0 Å². The van der Waals surface area contributed by atoms with Gasteiger partial charge in [0, 0.05) is 12.6 Å². The third kappa shape index (κ3) is 1.59. The molecule has 2 aromatic rings. The predicted molar refractivity (Wildman–Crippen MR) is 60.6 cm³/mol. The van der Waals surface area contributed by atoms with Gasteiger partial charge in [-0.3, -0.25) is 0 Å². The number of fused-ring (bicyclic) bond motifs is 1. The van der Waals surface area contributed by atoms with Crippen molar-refractivity contribution in [3.05, 3.63) is 48.0 Å². The molecule has 0 fully saturated rings. The first-order valence-corrected chi connectivity index (χ1v) is 4.59. The highest BCUT2D eigenvalue weighted by Crippen LogP contribution is 2.16. The Hall–Kier alpha value is -1.83. The third-order valence-electron chi connectivity index (χ3n) is 2.16. The number of hydrazone groups is 1. The fraction of sp³-hybridized carbons (Fsp3) is 0.0833. The van der Waals surface area contributed by atoms with Gasteiger partial charge in [-0.2, -0.15) is 5.10 Å². The summed E-state index contributed by atoms with van der Waals surface area (Å²) in [6.07, 6.45) is 1.84. The maximum atomic E-state index is 4.02. The van der Waals surface area contributed by atoms with Crippen LogP contribution in [0.25, 0.3) is 10.8 Å². The summed E-state index contributed by atoms with van der Waals surface area (Å²) in [4.78, 5) is 0. The van der Waals surface area contributed by atoms with Gasteiger partial charge in [0.25, 0.3) is 0 Å². The summed E-state index contributed by atoms with van der Waals surface area (Å²) in [7, 11) is 1.79. The standard InChI is InChI=1S/C12H12N2/c1-13-14-9-11-7-4-6-10-5-2-3-8-12(10)11/h2-9,13H,1H3/b14-9-. The number of nitrogens with zero attached hydrogens (tertiary/aromatic N) is 1. The summed E-state index contributed by atoms with van der Waals surface area (Å²) in [6.45, 7) is 0. The van der Waals surface area contributed by atoms with Crippen LogP contribution in [0.1, 0.15) is 5.56 Å². The summed E-state index contributed by atoms with van der Waals surface area (Å²) in [5, 5.41) is 6.49. The van der Waals surface area contributed by atoms with E-state index >= 15 is 0 Å². The molecule has 0 unspecified atom stereocenters. The summed E-state index contributed by atoms with van der Waals surface area (Å²) in [5.41, 5.74) is 3.89. The van der Waals surface area contributed by atoms with Crippen molar-refractivity contribution in [2.45, 2.75) is 0 Å². The molecule has 0 bridgehead atoms. The molecule has 14 heavy (non-hydrogen) atoms. The zero-order valence-corrected chi connectivity index (χ0v) is 8.07. The zero-order chi connectivity index (χ0) is 9.80. The first-order chi connectivity index (χ1) is 6.92. The second-order valence-electron chi connectivity index (χ2n) is 3.05. The van der Waals surface area contributed by atoms with Crippen molar-refractivity contribution in [3.8, 4) is 0 Å². The van der Waals surface area contributed by atoms with Crippen LogP contribution in [0.4, 0.5) is 0 Å². The number of hydrogen-bond acceptors (Lipinski definition) is 2. The molecule has 0 aliphatic carbocycles. The molecule has 0 heterocycles. The molecule has 70 valence electrons. The molecule has 0 spiro atoms. The third-order valence-corrected chi connectivity index (χ3v) is 2.16. The second-order valence-corrected chi connectivity index (χ2v) is 3.05. The topological polar surface area (TPSA) is 24.4 Å². The lowest BCUT2D eigenvalue weighted by Crippen LogP contribution is -1.95. The smallest absolute Gasteiger partial charge is 0.0546 e. The van der Waals surface area contributed by atoms with Gasteiger partial charge in [-0.25, -0.2) is 0 Å². The van der Waals surface area contributed by atoms with E-state index in [2.05, 4.69) is 34.8 Å². The second kappa shape index (κ2) is 3.92. The Kier molecular flexibility index (Phi) is 2.45. The molecular weight excluding hydrogens is 172 g/mol. The van der Waals surface area contributed by atoms with Crippen LogP contribution in [-0.2, 0) is 0 Å². The predicted octanol–water partition coefficient (Wildman–Crippen LogP) is 2.39. The lowest BCUT2D eigenvalue weighted by atomic mass is 10.1. The maximum Gasteiger partial charge on any atom is 0.0546 e. The minimum absolute atomic E-state index is 1.14. The lowest BCUT2D eigenvalue weighted by Gasteiger charge is -2.00. The van der Waals surface area contributed by atoms with Crippen LogP contribution in [0.5, 0.6) is 0 Å². The quantitative estimate of drug-likeness (QED) is 0.562. The average molecular weight is 184 g/mol. The van der Waals surface area contributed by atoms with E-state index in [0.29, 0.717) is 0 Å². The van der Waals surface area contributed by atoms with Gasteiger partial charge in [0.1, 0.15) is 0 Å². The molecule has 0 atom stereocenters. The van der Waals surface area contributed by atoms with Crippen LogP contribution in [0.15, 0.2) is 47.6 Å². The summed E-state index contributed by atoms with van der Waals surface area (Å²) < 4.78 is 0. The molecule has 2 rings (SSSR count). The molecule has 2 heteroatoms. The lowest BCUT2D eigenvalue weighted by molar-refractivity contribution is 0.908. The molecule has 2 nitrogen and oxygen atoms in total. The van der Waals surface area contributed by atoms with Crippen molar-refractivity contribution < 1.29 is 0 Å². The van der Waals surface area contributed by atoms with E-state index in [9.17, 15) is 0 Å². The molecule has 0 saturated carbocycles. The van der Waals surface area contributed by atoms with Crippen molar-refractivity contribution in [1.82, 2.24) is 5.43 Å². The molecule has 0 aliphatic heterocycles. The Bertz CT molecular complexity index is 455. The maximum absolute atomic E-state index is 4.02. The minimum atomic E-state index is 1.14. The van der Waals surface area contributed by atoms with Gasteiger partial charge in [-0.1, -0.05) is 42.5 Å². The van der Waals surface area contributed by atoms with E-state index in [1.54, 1.807) is 7.05 Å². The van der Waals surface area contributed by atoms with Gasteiger partial charge in [-0.15, -0.1) is 0 Å². The van der Waals surface area contributed by atoms with E-state index in [0.717, 1.165) is 5.56 Å². The SMILES string of the molecule is CN/N=C\c1cccc2ccccc12. The van der Waals surface area contributed by atoms with Crippen LogP contribution in [0, 0.1) is 0 Å². The number of benzene rings is 2. The van der Waals surface area contributed by atoms with Crippen LogP contribution in [0.2, 0.25) is 0 Å². The number of rotatable bonds is 2. The van der Waals surface area contributed by atoms with Gasteiger partial charge >= 0.3 is 0 Å². The molecule has 1 N–H and O–H groups in total. The van der Waals surface area contributed by atoms with Crippen molar-refractivity contribution >= 4 is 17.0 Å². The number of nitrogens with one attached hydrogen (secondary N) is 1. The van der Waals surface area contributed by atoms with Gasteiger partial charge < -0.3 is 5.43 Å². The largest absolute Gasteiger partial charge is 0.313 e. The molecule has 0 saturated heterocycles. The first-order valence-electron chi connectivity index (χ1n) is 4.59. The van der Waals surface area contributed by atoms with Gasteiger partial charge in [0.15, 0.2) is 0 Å². The average Bonchev–Trinajstić information content (AvgIpc) is 2.26. The zero-order valence-electron chi connectivity index (χ0n) is 8.07. The normalized spacial score (nSPS) is 10.9. The Labute approximate surface area is 83.3 Å². The van der Waals surface area contributed by atoms with Crippen LogP contribution >= 0.6 is 0 Å². The van der Waals surface area contributed by atoms with E-state index in [-0.39, 0.29) is 0 Å². The molecule has 2 aromatic carbocycles. The highest BCUT2D eigenvalue weighted by Gasteiger charge is 1.95. The number of hydrogen-bond donors (Lipinski definition) is 1. The highest BCUT2D eigenvalue weighted by atomic mass is 15.3. The Morgan fingerprint density at radius 1 is 1.07 bits per heavy atom. The fourth-order valence-electron chi connectivity index (χ4n) is 1.50.